The summed E-state index contributed by atoms with van der Waals surface area (Å²) in [7, 11) is 0. The smallest absolute Gasteiger partial charge is 0.306 e. The molecule has 1 unspecified atom stereocenters. The van der Waals surface area contributed by atoms with Gasteiger partial charge in [0.05, 0.1) is 0 Å². The minimum atomic E-state index is -0.774. The van der Waals surface area contributed by atoms with Crippen LogP contribution in [-0.2, 0) is 28.6 Å². The van der Waals surface area contributed by atoms with Crippen molar-refractivity contribution in [3.8, 4) is 0 Å². The van der Waals surface area contributed by atoms with Crippen molar-refractivity contribution in [1.29, 1.82) is 0 Å². The molecule has 0 radical (unpaired) electrons. The number of hydrogen-bond donors (Lipinski definition) is 0. The lowest BCUT2D eigenvalue weighted by molar-refractivity contribution is -0.167. The number of allylic oxidation sites excluding steroid dienone is 12. The second kappa shape index (κ2) is 68.3. The number of rotatable bonds is 64. The summed E-state index contributed by atoms with van der Waals surface area (Å²) in [5.41, 5.74) is 0. The van der Waals surface area contributed by atoms with E-state index in [-0.39, 0.29) is 31.1 Å². The van der Waals surface area contributed by atoms with Crippen molar-refractivity contribution in [3.63, 3.8) is 0 Å². The van der Waals surface area contributed by atoms with Crippen LogP contribution in [-0.4, -0.2) is 37.2 Å². The normalized spacial score (nSPS) is 12.5. The van der Waals surface area contributed by atoms with E-state index in [1.54, 1.807) is 0 Å². The quantitative estimate of drug-likeness (QED) is 0.0261. The molecule has 80 heavy (non-hydrogen) atoms. The van der Waals surface area contributed by atoms with Gasteiger partial charge in [-0.2, -0.15) is 0 Å². The Hall–Kier alpha value is -3.15. The predicted molar refractivity (Wildman–Crippen MR) is 348 cm³/mol. The first-order valence-electron chi connectivity index (χ1n) is 34.9. The standard InChI is InChI=1S/C74H132O6/c1-4-7-10-13-16-19-22-24-26-28-30-32-33-34-35-36-37-38-39-40-41-43-44-46-48-50-52-55-58-61-64-67-73(76)79-70-71(69-78-72(75)66-63-60-57-54-21-18-15-12-9-6-3)80-74(77)68-65-62-59-56-53-51-49-47-45-42-31-29-27-25-23-20-17-14-11-8-5-2/h7,10,16,19,23-26,29-32,71H,4-6,8-9,11-15,17-18,20-22,27-28,33-70H2,1-3H3/b10-7-,19-16-,25-23-,26-24-,31-29-,32-30-. The second-order valence-electron chi connectivity index (χ2n) is 23.4. The molecule has 0 saturated heterocycles. The predicted octanol–water partition coefficient (Wildman–Crippen LogP) is 24.1. The van der Waals surface area contributed by atoms with E-state index in [4.69, 9.17) is 14.2 Å². The Balaban J connectivity index is 4.13. The summed E-state index contributed by atoms with van der Waals surface area (Å²) in [6.07, 6.45) is 89.4. The van der Waals surface area contributed by atoms with Gasteiger partial charge in [-0.15, -0.1) is 0 Å². The van der Waals surface area contributed by atoms with E-state index in [9.17, 15) is 14.4 Å². The lowest BCUT2D eigenvalue weighted by atomic mass is 10.0. The van der Waals surface area contributed by atoms with Crippen molar-refractivity contribution in [3.05, 3.63) is 72.9 Å². The van der Waals surface area contributed by atoms with Gasteiger partial charge < -0.3 is 14.2 Å². The van der Waals surface area contributed by atoms with Gasteiger partial charge in [-0.1, -0.05) is 325 Å². The van der Waals surface area contributed by atoms with Gasteiger partial charge in [0.25, 0.3) is 0 Å². The SMILES string of the molecule is CC/C=C\C/C=C\C/C=C\C/C=C\CCCCCCCCCCCCCCCCCCCCC(=O)OCC(COC(=O)CCCCCCCCCCCC)OC(=O)CCCCCCCCCCC/C=C\C/C=C\CCCCCCC. The van der Waals surface area contributed by atoms with Crippen LogP contribution in [0, 0.1) is 0 Å². The molecule has 0 rings (SSSR count). The van der Waals surface area contributed by atoms with E-state index < -0.39 is 6.10 Å². The van der Waals surface area contributed by atoms with Gasteiger partial charge in [0.2, 0.25) is 0 Å². The summed E-state index contributed by atoms with van der Waals surface area (Å²) >= 11 is 0. The molecule has 0 spiro atoms. The van der Waals surface area contributed by atoms with Crippen LogP contribution in [0.3, 0.4) is 0 Å². The maximum atomic E-state index is 12.9. The van der Waals surface area contributed by atoms with E-state index in [0.29, 0.717) is 19.3 Å². The third-order valence-corrected chi connectivity index (χ3v) is 15.4. The van der Waals surface area contributed by atoms with Gasteiger partial charge in [-0.3, -0.25) is 14.4 Å². The van der Waals surface area contributed by atoms with Gasteiger partial charge in [0.15, 0.2) is 6.10 Å². The van der Waals surface area contributed by atoms with Crippen molar-refractivity contribution in [2.75, 3.05) is 13.2 Å². The molecule has 0 aromatic carbocycles. The molecule has 0 bridgehead atoms. The average Bonchev–Trinajstić information content (AvgIpc) is 3.46. The molecule has 0 aromatic rings. The molecule has 0 aromatic heterocycles. The third-order valence-electron chi connectivity index (χ3n) is 15.4. The molecule has 6 heteroatoms. The Morgan fingerprint density at radius 2 is 0.487 bits per heavy atom. The fraction of sp³-hybridized carbons (Fsp3) is 0.797. The zero-order valence-electron chi connectivity index (χ0n) is 53.3. The highest BCUT2D eigenvalue weighted by atomic mass is 16.6. The summed E-state index contributed by atoms with van der Waals surface area (Å²) in [5.74, 6) is -0.856. The molecule has 0 saturated carbocycles. The molecular formula is C74H132O6. The molecule has 1 atom stereocenters. The molecule has 464 valence electrons. The first-order valence-corrected chi connectivity index (χ1v) is 34.9. The van der Waals surface area contributed by atoms with Crippen molar-refractivity contribution in [2.24, 2.45) is 0 Å². The van der Waals surface area contributed by atoms with E-state index in [2.05, 4.69) is 93.7 Å². The molecule has 0 aliphatic carbocycles. The number of hydrogen-bond acceptors (Lipinski definition) is 6. The Bertz CT molecular complexity index is 1470. The number of carbonyl (C=O) groups is 3. The summed E-state index contributed by atoms with van der Waals surface area (Å²) in [5, 5.41) is 0. The fourth-order valence-electron chi connectivity index (χ4n) is 10.2. The highest BCUT2D eigenvalue weighted by Gasteiger charge is 2.19. The van der Waals surface area contributed by atoms with E-state index >= 15 is 0 Å². The summed E-state index contributed by atoms with van der Waals surface area (Å²) < 4.78 is 16.9. The van der Waals surface area contributed by atoms with Crippen LogP contribution in [0.4, 0.5) is 0 Å². The van der Waals surface area contributed by atoms with E-state index in [1.807, 2.05) is 0 Å². The van der Waals surface area contributed by atoms with Crippen LogP contribution in [0.1, 0.15) is 361 Å². The first-order chi connectivity index (χ1) is 39.5. The first kappa shape index (κ1) is 76.9. The monoisotopic (exact) mass is 1120 g/mol. The largest absolute Gasteiger partial charge is 0.462 e. The topological polar surface area (TPSA) is 78.9 Å². The number of esters is 3. The fourth-order valence-corrected chi connectivity index (χ4v) is 10.2. The maximum absolute atomic E-state index is 12.9. The van der Waals surface area contributed by atoms with Gasteiger partial charge in [-0.25, -0.2) is 0 Å². The highest BCUT2D eigenvalue weighted by Crippen LogP contribution is 2.18. The van der Waals surface area contributed by atoms with Crippen LogP contribution in [0.5, 0.6) is 0 Å². The Morgan fingerprint density at radius 1 is 0.263 bits per heavy atom. The molecular weight excluding hydrogens is 985 g/mol. The Morgan fingerprint density at radius 3 is 0.762 bits per heavy atom. The molecule has 0 aliphatic rings. The molecule has 6 nitrogen and oxygen atoms in total. The van der Waals surface area contributed by atoms with Gasteiger partial charge in [0.1, 0.15) is 13.2 Å². The molecule has 0 N–H and O–H groups in total. The van der Waals surface area contributed by atoms with Crippen molar-refractivity contribution in [2.45, 2.75) is 367 Å². The van der Waals surface area contributed by atoms with Crippen molar-refractivity contribution < 1.29 is 28.6 Å². The Kier molecular flexibility index (Phi) is 65.7. The molecule has 0 aliphatic heterocycles. The van der Waals surface area contributed by atoms with Gasteiger partial charge >= 0.3 is 17.9 Å². The van der Waals surface area contributed by atoms with Crippen LogP contribution in [0.2, 0.25) is 0 Å². The summed E-state index contributed by atoms with van der Waals surface area (Å²) in [6, 6.07) is 0. The summed E-state index contributed by atoms with van der Waals surface area (Å²) in [4.78, 5) is 38.3. The van der Waals surface area contributed by atoms with Crippen LogP contribution >= 0.6 is 0 Å². The minimum Gasteiger partial charge on any atom is -0.462 e. The van der Waals surface area contributed by atoms with E-state index in [0.717, 1.165) is 89.9 Å². The van der Waals surface area contributed by atoms with Crippen molar-refractivity contribution in [1.82, 2.24) is 0 Å². The second-order valence-corrected chi connectivity index (χ2v) is 23.4. The number of ether oxygens (including phenoxy) is 3. The van der Waals surface area contributed by atoms with Crippen molar-refractivity contribution >= 4 is 17.9 Å². The van der Waals surface area contributed by atoms with Crippen LogP contribution in [0.25, 0.3) is 0 Å². The number of carbonyl (C=O) groups excluding carboxylic acids is 3. The third kappa shape index (κ3) is 65.7. The molecule has 0 heterocycles. The lowest BCUT2D eigenvalue weighted by Crippen LogP contribution is -2.30. The van der Waals surface area contributed by atoms with Crippen LogP contribution in [0.15, 0.2) is 72.9 Å². The van der Waals surface area contributed by atoms with Gasteiger partial charge in [-0.05, 0) is 89.9 Å². The lowest BCUT2D eigenvalue weighted by Gasteiger charge is -2.18. The van der Waals surface area contributed by atoms with Crippen LogP contribution < -0.4 is 0 Å². The minimum absolute atomic E-state index is 0.0716. The summed E-state index contributed by atoms with van der Waals surface area (Å²) in [6.45, 7) is 6.55. The zero-order chi connectivity index (χ0) is 57.8. The molecule has 0 amide bonds. The average molecular weight is 1120 g/mol. The number of unbranched alkanes of at least 4 members (excludes halogenated alkanes) is 41. The van der Waals surface area contributed by atoms with E-state index in [1.165, 1.54) is 231 Å². The van der Waals surface area contributed by atoms with Gasteiger partial charge in [0, 0.05) is 19.3 Å². The Labute approximate surface area is 497 Å². The maximum Gasteiger partial charge on any atom is 0.306 e. The highest BCUT2D eigenvalue weighted by molar-refractivity contribution is 5.71. The zero-order valence-corrected chi connectivity index (χ0v) is 53.3. The molecule has 0 fully saturated rings.